The summed E-state index contributed by atoms with van der Waals surface area (Å²) in [5.41, 5.74) is -1.46. The Morgan fingerprint density at radius 1 is 0.671 bits per heavy atom. The number of methoxy groups -OCH3 is 2. The molecule has 18 nitrogen and oxygen atoms in total. The average Bonchev–Trinajstić information content (AvgIpc) is 3.89. The van der Waals surface area contributed by atoms with Crippen LogP contribution in [-0.4, -0.2) is 101 Å². The van der Waals surface area contributed by atoms with Crippen molar-refractivity contribution in [1.82, 2.24) is 29.8 Å². The van der Waals surface area contributed by atoms with Gasteiger partial charge in [-0.05, 0) is 45.4 Å². The number of carbonyl (C=O) groups excluding carboxylic acids is 4. The Labute approximate surface area is 433 Å². The molecule has 0 bridgehead atoms. The molecule has 3 aromatic carbocycles. The van der Waals surface area contributed by atoms with E-state index in [1.165, 1.54) is 35.9 Å². The molecule has 0 spiro atoms. The number of amides is 4. The van der Waals surface area contributed by atoms with Gasteiger partial charge in [-0.3, -0.25) is 38.8 Å². The molecule has 9 rings (SSSR count). The smallest absolute Gasteiger partial charge is 1.00 e. The second kappa shape index (κ2) is 22.5. The van der Waals surface area contributed by atoms with Gasteiger partial charge in [0.2, 0.25) is 10.9 Å². The summed E-state index contributed by atoms with van der Waals surface area (Å²) in [6, 6.07) is 14.7. The molecule has 382 valence electrons. The van der Waals surface area contributed by atoms with Gasteiger partial charge in [0.25, 0.3) is 23.6 Å². The normalized spacial score (nSPS) is 16.1. The van der Waals surface area contributed by atoms with E-state index < -0.39 is 81.3 Å². The summed E-state index contributed by atoms with van der Waals surface area (Å²) in [6.45, 7) is 7.69. The van der Waals surface area contributed by atoms with Gasteiger partial charge < -0.3 is 52.2 Å². The largest absolute Gasteiger partial charge is 1.00 e. The number of halogens is 5. The van der Waals surface area contributed by atoms with Crippen LogP contribution in [0.15, 0.2) is 76.3 Å². The fourth-order valence-electron chi connectivity index (χ4n) is 8.93. The summed E-state index contributed by atoms with van der Waals surface area (Å²) in [7, 11) is 2.86. The maximum atomic E-state index is 14.2. The number of nitrogens with zero attached hydrogens (tertiary/aromatic N) is 6. The van der Waals surface area contributed by atoms with Gasteiger partial charge in [0.1, 0.15) is 66.5 Å². The zero-order valence-electron chi connectivity index (χ0n) is 40.8. The van der Waals surface area contributed by atoms with Crippen molar-refractivity contribution in [2.75, 3.05) is 50.7 Å². The summed E-state index contributed by atoms with van der Waals surface area (Å²) >= 11 is 0. The van der Waals surface area contributed by atoms with Crippen LogP contribution in [0.5, 0.6) is 11.5 Å². The third-order valence-corrected chi connectivity index (χ3v) is 12.6. The fraction of sp³-hybridized carbons (Fsp3) is 0.347. The average molecular weight is 1030 g/mol. The standard InChI is InChI=1S/C28H28F2N4O5.C21H22F2N4O5.ClH.Li/c1-16(2)33-15-32-13-21(38-3)23-22(27(36)31-12-18-9-10-19(29)11-20(18)30)25(35)26(24(28(33)37)34(23)32)39-14-17-7-5-4-6-8-17;1-10(2)26-9-25-8-14(32-3)16-15(18(28)19(29)17(21(26)31)27(16)25)20(30)24-7-11-4-5-12(22)6-13(11)23;;/h4-11,16,21H,12-15H2,1-3H3,(H,31,36);4-6,10,14,29H,7-9H2,1-3H3,(H,24,30);1H;/q;;;+1/p-1. The number of aromatic hydroxyl groups is 1. The predicted molar refractivity (Wildman–Crippen MR) is 247 cm³/mol. The van der Waals surface area contributed by atoms with Crippen molar-refractivity contribution in [2.24, 2.45) is 0 Å². The number of pyridine rings is 2. The number of carbonyl (C=O) groups is 4. The first-order chi connectivity index (χ1) is 33.9. The minimum absolute atomic E-state index is 0. The van der Waals surface area contributed by atoms with Crippen LogP contribution >= 0.6 is 0 Å². The number of benzene rings is 3. The molecule has 0 saturated heterocycles. The fourth-order valence-corrected chi connectivity index (χ4v) is 8.93. The molecular weight excluding hydrogens is 979 g/mol. The van der Waals surface area contributed by atoms with Crippen LogP contribution in [0, 0.1) is 23.3 Å². The van der Waals surface area contributed by atoms with Gasteiger partial charge in [0.05, 0.1) is 24.5 Å². The molecule has 3 N–H and O–H groups in total. The number of aromatic nitrogens is 2. The summed E-state index contributed by atoms with van der Waals surface area (Å²) < 4.78 is 74.6. The number of rotatable bonds is 13. The zero-order valence-corrected chi connectivity index (χ0v) is 41.6. The van der Waals surface area contributed by atoms with Crippen molar-refractivity contribution in [3.05, 3.63) is 161 Å². The third-order valence-electron chi connectivity index (χ3n) is 12.6. The van der Waals surface area contributed by atoms with Crippen LogP contribution < -0.4 is 67.5 Å². The van der Waals surface area contributed by atoms with Crippen LogP contribution in [0.4, 0.5) is 17.6 Å². The molecule has 6 heterocycles. The molecule has 4 aliphatic rings. The Bertz CT molecular complexity index is 3090. The minimum Gasteiger partial charge on any atom is -1.00 e. The zero-order chi connectivity index (χ0) is 51.2. The Kier molecular flexibility index (Phi) is 17.1. The van der Waals surface area contributed by atoms with Gasteiger partial charge in [0.15, 0.2) is 22.9 Å². The van der Waals surface area contributed by atoms with Gasteiger partial charge in [-0.2, -0.15) is 0 Å². The summed E-state index contributed by atoms with van der Waals surface area (Å²) in [6.07, 6.45) is -1.41. The van der Waals surface area contributed by atoms with E-state index in [1.54, 1.807) is 14.6 Å². The van der Waals surface area contributed by atoms with E-state index in [4.69, 9.17) is 14.2 Å². The van der Waals surface area contributed by atoms with Crippen LogP contribution in [0.2, 0.25) is 0 Å². The SMILES string of the molecule is COC1CN2CN(C(C)C)C(=O)c3c(O)c(=O)c(C(=O)NCc4ccc(F)cc4F)c1n32.COC1CN2CN(C(C)C)C(=O)c3c(OCc4ccccc4)c(=O)c(C(=O)NCc4ccc(F)cc4F)c1n32.[Cl-].[Li+]. The van der Waals surface area contributed by atoms with E-state index in [-0.39, 0.29) is 135 Å². The first kappa shape index (κ1) is 55.5. The van der Waals surface area contributed by atoms with Gasteiger partial charge >= 0.3 is 18.9 Å². The van der Waals surface area contributed by atoms with Crippen molar-refractivity contribution < 1.29 is 87.3 Å². The van der Waals surface area contributed by atoms with Crippen LogP contribution in [0.25, 0.3) is 0 Å². The van der Waals surface area contributed by atoms with Gasteiger partial charge in [-0.25, -0.2) is 26.9 Å². The van der Waals surface area contributed by atoms with Crippen molar-refractivity contribution in [3.63, 3.8) is 0 Å². The number of hydrogen-bond acceptors (Lipinski definition) is 12. The first-order valence-corrected chi connectivity index (χ1v) is 22.5. The minimum atomic E-state index is -1.02. The number of ether oxygens (including phenoxy) is 3. The van der Waals surface area contributed by atoms with E-state index in [1.807, 2.05) is 63.0 Å². The van der Waals surface area contributed by atoms with E-state index in [0.29, 0.717) is 6.07 Å². The van der Waals surface area contributed by atoms with Crippen molar-refractivity contribution in [2.45, 2.75) is 71.7 Å². The molecule has 0 radical (unpaired) electrons. The predicted octanol–water partition coefficient (Wildman–Crippen LogP) is -1.67. The molecular formula is C49H50ClF4LiN8O10. The van der Waals surface area contributed by atoms with Crippen molar-refractivity contribution in [1.29, 1.82) is 0 Å². The summed E-state index contributed by atoms with van der Waals surface area (Å²) in [5, 5.41) is 19.1. The molecule has 2 aromatic heterocycles. The second-order valence-corrected chi connectivity index (χ2v) is 17.6. The first-order valence-electron chi connectivity index (χ1n) is 22.5. The topological polar surface area (TPSA) is 197 Å². The Balaban J connectivity index is 0.000000236. The molecule has 4 aliphatic heterocycles. The Morgan fingerprint density at radius 2 is 1.11 bits per heavy atom. The molecule has 4 amide bonds. The Hall–Kier alpha value is -6.83. The maximum absolute atomic E-state index is 14.2. The van der Waals surface area contributed by atoms with Crippen molar-refractivity contribution >= 4 is 23.6 Å². The Morgan fingerprint density at radius 3 is 1.55 bits per heavy atom. The van der Waals surface area contributed by atoms with Crippen LogP contribution in [-0.2, 0) is 29.2 Å². The van der Waals surface area contributed by atoms with E-state index in [2.05, 4.69) is 10.6 Å². The third kappa shape index (κ3) is 10.4. The second-order valence-electron chi connectivity index (χ2n) is 17.6. The monoisotopic (exact) mass is 1030 g/mol. The maximum Gasteiger partial charge on any atom is 1.00 e. The molecule has 0 saturated carbocycles. The van der Waals surface area contributed by atoms with Crippen LogP contribution in [0.3, 0.4) is 0 Å². The molecule has 0 fully saturated rings. The summed E-state index contributed by atoms with van der Waals surface area (Å²) in [4.78, 5) is 83.1. The molecule has 2 atom stereocenters. The van der Waals surface area contributed by atoms with Gasteiger partial charge in [0, 0.05) is 62.7 Å². The summed E-state index contributed by atoms with van der Waals surface area (Å²) in [5.74, 6) is -6.87. The molecule has 0 aliphatic carbocycles. The number of nitrogens with one attached hydrogen (secondary N) is 2. The molecule has 24 heteroatoms. The van der Waals surface area contributed by atoms with Gasteiger partial charge in [-0.15, -0.1) is 0 Å². The van der Waals surface area contributed by atoms with E-state index in [0.717, 1.165) is 23.8 Å². The van der Waals surface area contributed by atoms with Gasteiger partial charge in [-0.1, -0.05) is 42.5 Å². The van der Waals surface area contributed by atoms with E-state index >= 15 is 0 Å². The number of hydrogen-bond donors (Lipinski definition) is 3. The van der Waals surface area contributed by atoms with Crippen LogP contribution in [0.1, 0.15) is 110 Å². The molecule has 5 aromatic rings. The quantitative estimate of drug-likeness (QED) is 0.0898. The van der Waals surface area contributed by atoms with Crippen molar-refractivity contribution in [3.8, 4) is 11.5 Å². The van der Waals surface area contributed by atoms with E-state index in [9.17, 15) is 51.4 Å². The molecule has 2 unspecified atom stereocenters. The molecule has 73 heavy (non-hydrogen) atoms.